The average Bonchev–Trinajstić information content (AvgIpc) is 2.49. The summed E-state index contributed by atoms with van der Waals surface area (Å²) in [5.74, 6) is 0.933. The van der Waals surface area contributed by atoms with E-state index in [4.69, 9.17) is 9.97 Å². The first-order chi connectivity index (χ1) is 9.86. The van der Waals surface area contributed by atoms with Crippen LogP contribution in [0, 0.1) is 0 Å². The van der Waals surface area contributed by atoms with Crippen LogP contribution in [0.15, 0.2) is 24.5 Å². The minimum absolute atomic E-state index is 0.784. The molecule has 4 heteroatoms. The van der Waals surface area contributed by atoms with Crippen molar-refractivity contribution < 1.29 is 0 Å². The number of aromatic nitrogens is 3. The topological polar surface area (TPSA) is 50.7 Å². The normalized spacial score (nSPS) is 14.1. The predicted molar refractivity (Wildman–Crippen MR) is 78.5 cm³/mol. The molecule has 0 saturated carbocycles. The summed E-state index contributed by atoms with van der Waals surface area (Å²) in [5, 5.41) is 3.40. The molecule has 4 nitrogen and oxygen atoms in total. The van der Waals surface area contributed by atoms with Crippen LogP contribution >= 0.6 is 0 Å². The molecule has 0 aromatic carbocycles. The van der Waals surface area contributed by atoms with Crippen LogP contribution in [-0.2, 0) is 25.8 Å². The summed E-state index contributed by atoms with van der Waals surface area (Å²) in [5.41, 5.74) is 5.04. The Bertz CT molecular complexity index is 581. The van der Waals surface area contributed by atoms with E-state index in [9.17, 15) is 0 Å². The van der Waals surface area contributed by atoms with Gasteiger partial charge in [-0.25, -0.2) is 9.97 Å². The standard InChI is InChI=1S/C16H20N4/c1-2-3-14-13-6-9-18-11-15(13)20-16(19-14)10-12-4-7-17-8-5-12/h4-5,7-8,18H,2-3,6,9-11H2,1H3. The monoisotopic (exact) mass is 268 g/mol. The van der Waals surface area contributed by atoms with Crippen LogP contribution < -0.4 is 5.32 Å². The van der Waals surface area contributed by atoms with E-state index < -0.39 is 0 Å². The zero-order valence-electron chi connectivity index (χ0n) is 11.9. The molecular weight excluding hydrogens is 248 g/mol. The molecule has 1 N–H and O–H groups in total. The van der Waals surface area contributed by atoms with Crippen LogP contribution in [0.1, 0.15) is 41.7 Å². The Morgan fingerprint density at radius 2 is 2.05 bits per heavy atom. The maximum Gasteiger partial charge on any atom is 0.133 e. The zero-order valence-corrected chi connectivity index (χ0v) is 11.9. The molecule has 2 aromatic rings. The van der Waals surface area contributed by atoms with Gasteiger partial charge in [0.2, 0.25) is 0 Å². The van der Waals surface area contributed by atoms with Gasteiger partial charge < -0.3 is 5.32 Å². The van der Waals surface area contributed by atoms with Gasteiger partial charge in [-0.2, -0.15) is 0 Å². The molecule has 0 spiro atoms. The number of nitrogens with one attached hydrogen (secondary N) is 1. The van der Waals surface area contributed by atoms with Gasteiger partial charge in [0.1, 0.15) is 5.82 Å². The average molecular weight is 268 g/mol. The minimum Gasteiger partial charge on any atom is -0.311 e. The van der Waals surface area contributed by atoms with E-state index in [0.29, 0.717) is 0 Å². The van der Waals surface area contributed by atoms with Crippen molar-refractivity contribution in [2.75, 3.05) is 6.54 Å². The molecule has 0 bridgehead atoms. The van der Waals surface area contributed by atoms with Crippen molar-refractivity contribution in [2.45, 2.75) is 39.2 Å². The number of rotatable bonds is 4. The third kappa shape index (κ3) is 2.85. The number of pyridine rings is 1. The lowest BCUT2D eigenvalue weighted by Gasteiger charge is -2.20. The lowest BCUT2D eigenvalue weighted by atomic mass is 10.0. The fourth-order valence-electron chi connectivity index (χ4n) is 2.70. The number of fused-ring (bicyclic) bond motifs is 1. The predicted octanol–water partition coefficient (Wildman–Crippen LogP) is 2.06. The van der Waals surface area contributed by atoms with E-state index in [1.807, 2.05) is 24.5 Å². The highest BCUT2D eigenvalue weighted by atomic mass is 15.0. The zero-order chi connectivity index (χ0) is 13.8. The lowest BCUT2D eigenvalue weighted by molar-refractivity contribution is 0.607. The van der Waals surface area contributed by atoms with Crippen LogP contribution in [0.4, 0.5) is 0 Å². The second kappa shape index (κ2) is 6.09. The first-order valence-corrected chi connectivity index (χ1v) is 7.34. The van der Waals surface area contributed by atoms with Crippen molar-refractivity contribution in [3.63, 3.8) is 0 Å². The Balaban J connectivity index is 1.93. The van der Waals surface area contributed by atoms with E-state index in [0.717, 1.165) is 44.6 Å². The highest BCUT2D eigenvalue weighted by Crippen LogP contribution is 2.18. The van der Waals surface area contributed by atoms with E-state index in [1.54, 1.807) is 0 Å². The molecule has 104 valence electrons. The van der Waals surface area contributed by atoms with Crippen LogP contribution in [0.3, 0.4) is 0 Å². The second-order valence-electron chi connectivity index (χ2n) is 5.22. The van der Waals surface area contributed by atoms with Gasteiger partial charge in [0.05, 0.1) is 5.69 Å². The van der Waals surface area contributed by atoms with Crippen molar-refractivity contribution in [2.24, 2.45) is 0 Å². The summed E-state index contributed by atoms with van der Waals surface area (Å²) in [4.78, 5) is 13.6. The summed E-state index contributed by atoms with van der Waals surface area (Å²) in [7, 11) is 0. The number of aryl methyl sites for hydroxylation is 1. The quantitative estimate of drug-likeness (QED) is 0.922. The maximum absolute atomic E-state index is 4.81. The molecular formula is C16H20N4. The molecule has 3 rings (SSSR count). The number of hydrogen-bond acceptors (Lipinski definition) is 4. The van der Waals surface area contributed by atoms with Crippen molar-refractivity contribution in [3.05, 3.63) is 52.9 Å². The van der Waals surface area contributed by atoms with Crippen molar-refractivity contribution in [1.82, 2.24) is 20.3 Å². The second-order valence-corrected chi connectivity index (χ2v) is 5.22. The fraction of sp³-hybridized carbons (Fsp3) is 0.438. The van der Waals surface area contributed by atoms with Crippen molar-refractivity contribution >= 4 is 0 Å². The molecule has 0 fully saturated rings. The SMILES string of the molecule is CCCc1nc(Cc2ccncc2)nc2c1CCNC2. The summed E-state index contributed by atoms with van der Waals surface area (Å²) in [6.07, 6.45) is 7.66. The number of hydrogen-bond donors (Lipinski definition) is 1. The summed E-state index contributed by atoms with van der Waals surface area (Å²) in [6.45, 7) is 4.12. The smallest absolute Gasteiger partial charge is 0.133 e. The van der Waals surface area contributed by atoms with Gasteiger partial charge in [0.25, 0.3) is 0 Å². The maximum atomic E-state index is 4.81. The highest BCUT2D eigenvalue weighted by molar-refractivity contribution is 5.30. The molecule has 0 radical (unpaired) electrons. The first-order valence-electron chi connectivity index (χ1n) is 7.34. The van der Waals surface area contributed by atoms with Crippen LogP contribution in [0.25, 0.3) is 0 Å². The molecule has 0 saturated heterocycles. The minimum atomic E-state index is 0.784. The summed E-state index contributed by atoms with van der Waals surface area (Å²) in [6, 6.07) is 4.06. The van der Waals surface area contributed by atoms with Gasteiger partial charge in [-0.3, -0.25) is 4.98 Å². The summed E-state index contributed by atoms with van der Waals surface area (Å²) >= 11 is 0. The van der Waals surface area contributed by atoms with Gasteiger partial charge in [0.15, 0.2) is 0 Å². The molecule has 0 unspecified atom stereocenters. The fourth-order valence-corrected chi connectivity index (χ4v) is 2.70. The Morgan fingerprint density at radius 1 is 1.20 bits per heavy atom. The molecule has 3 heterocycles. The molecule has 0 atom stereocenters. The van der Waals surface area contributed by atoms with Crippen LogP contribution in [0.5, 0.6) is 0 Å². The van der Waals surface area contributed by atoms with E-state index in [1.165, 1.54) is 22.5 Å². The first kappa shape index (κ1) is 13.2. The molecule has 2 aromatic heterocycles. The third-order valence-corrected chi connectivity index (χ3v) is 3.67. The molecule has 1 aliphatic heterocycles. The summed E-state index contributed by atoms with van der Waals surface area (Å²) < 4.78 is 0. The van der Waals surface area contributed by atoms with Crippen LogP contribution in [-0.4, -0.2) is 21.5 Å². The van der Waals surface area contributed by atoms with E-state index >= 15 is 0 Å². The van der Waals surface area contributed by atoms with Gasteiger partial charge in [-0.15, -0.1) is 0 Å². The molecule has 0 aliphatic carbocycles. The van der Waals surface area contributed by atoms with Crippen molar-refractivity contribution in [3.8, 4) is 0 Å². The highest BCUT2D eigenvalue weighted by Gasteiger charge is 2.16. The van der Waals surface area contributed by atoms with Gasteiger partial charge in [0, 0.05) is 31.1 Å². The van der Waals surface area contributed by atoms with Crippen LogP contribution in [0.2, 0.25) is 0 Å². The Kier molecular flexibility index (Phi) is 4.02. The Labute approximate surface area is 119 Å². The molecule has 20 heavy (non-hydrogen) atoms. The lowest BCUT2D eigenvalue weighted by Crippen LogP contribution is -2.27. The largest absolute Gasteiger partial charge is 0.311 e. The van der Waals surface area contributed by atoms with Gasteiger partial charge in [-0.05, 0) is 42.6 Å². The van der Waals surface area contributed by atoms with Gasteiger partial charge >= 0.3 is 0 Å². The molecule has 0 amide bonds. The van der Waals surface area contributed by atoms with Gasteiger partial charge in [-0.1, -0.05) is 13.3 Å². The Hall–Kier alpha value is -1.81. The van der Waals surface area contributed by atoms with E-state index in [-0.39, 0.29) is 0 Å². The van der Waals surface area contributed by atoms with Crippen molar-refractivity contribution in [1.29, 1.82) is 0 Å². The third-order valence-electron chi connectivity index (χ3n) is 3.67. The van der Waals surface area contributed by atoms with E-state index in [2.05, 4.69) is 17.2 Å². The molecule has 1 aliphatic rings. The Morgan fingerprint density at radius 3 is 2.85 bits per heavy atom. The number of nitrogens with zero attached hydrogens (tertiary/aromatic N) is 3.